The Kier molecular flexibility index (Phi) is 5.67. The average molecular weight is 396 g/mol. The van der Waals surface area contributed by atoms with Gasteiger partial charge in [-0.1, -0.05) is 32.0 Å². The van der Waals surface area contributed by atoms with E-state index in [1.54, 1.807) is 0 Å². The molecule has 0 bridgehead atoms. The minimum Gasteiger partial charge on any atom is -0.484 e. The molecule has 0 radical (unpaired) electrons. The Morgan fingerprint density at radius 3 is 2.79 bits per heavy atom. The first-order chi connectivity index (χ1) is 14.0. The van der Waals surface area contributed by atoms with E-state index in [-0.39, 0.29) is 24.0 Å². The van der Waals surface area contributed by atoms with Crippen LogP contribution in [0.5, 0.6) is 5.75 Å². The number of carbonyl (C=O) groups excluding carboxylic acids is 1. The predicted molar refractivity (Wildman–Crippen MR) is 110 cm³/mol. The van der Waals surface area contributed by atoms with Gasteiger partial charge in [0.25, 0.3) is 5.91 Å². The van der Waals surface area contributed by atoms with Crippen molar-refractivity contribution in [3.63, 3.8) is 0 Å². The van der Waals surface area contributed by atoms with Crippen molar-refractivity contribution >= 4 is 11.9 Å². The number of morpholine rings is 1. The molecular weight excluding hydrogens is 368 g/mol. The number of carbonyl (C=O) groups is 1. The van der Waals surface area contributed by atoms with E-state index in [1.165, 1.54) is 0 Å². The fourth-order valence-corrected chi connectivity index (χ4v) is 3.98. The van der Waals surface area contributed by atoms with Crippen LogP contribution in [0.2, 0.25) is 0 Å². The van der Waals surface area contributed by atoms with E-state index in [1.807, 2.05) is 36.5 Å². The Balaban J connectivity index is 1.47. The van der Waals surface area contributed by atoms with Gasteiger partial charge in [0.15, 0.2) is 6.61 Å². The van der Waals surface area contributed by atoms with Crippen LogP contribution in [0.25, 0.3) is 0 Å². The van der Waals surface area contributed by atoms with E-state index in [0.29, 0.717) is 19.0 Å². The van der Waals surface area contributed by atoms with Gasteiger partial charge in [-0.05, 0) is 30.4 Å². The summed E-state index contributed by atoms with van der Waals surface area (Å²) in [6.45, 7) is 7.43. The lowest BCUT2D eigenvalue weighted by molar-refractivity contribution is -0.124. The molecule has 4 rings (SSSR count). The highest BCUT2D eigenvalue weighted by molar-refractivity contribution is 5.78. The number of anilines is 1. The SMILES string of the molecule is CC1(C)Cc2nc(N3CCOCC3)ncc2C(NC(=O)COc2ccccc2)C1. The highest BCUT2D eigenvalue weighted by Gasteiger charge is 2.35. The number of hydrogen-bond donors (Lipinski definition) is 1. The van der Waals surface area contributed by atoms with Gasteiger partial charge < -0.3 is 19.7 Å². The number of aromatic nitrogens is 2. The highest BCUT2D eigenvalue weighted by Crippen LogP contribution is 2.40. The molecule has 1 aliphatic heterocycles. The largest absolute Gasteiger partial charge is 0.484 e. The number of rotatable bonds is 5. The topological polar surface area (TPSA) is 76.6 Å². The van der Waals surface area contributed by atoms with Crippen LogP contribution in [-0.4, -0.2) is 48.8 Å². The molecule has 0 saturated carbocycles. The first-order valence-corrected chi connectivity index (χ1v) is 10.2. The van der Waals surface area contributed by atoms with Crippen molar-refractivity contribution in [2.45, 2.75) is 32.7 Å². The molecule has 7 heteroatoms. The molecule has 1 aromatic heterocycles. The monoisotopic (exact) mass is 396 g/mol. The fraction of sp³-hybridized carbons (Fsp3) is 0.500. The fourth-order valence-electron chi connectivity index (χ4n) is 3.98. The summed E-state index contributed by atoms with van der Waals surface area (Å²) >= 11 is 0. The molecule has 7 nitrogen and oxygen atoms in total. The zero-order valence-corrected chi connectivity index (χ0v) is 17.1. The second-order valence-electron chi connectivity index (χ2n) is 8.44. The molecule has 1 aliphatic carbocycles. The number of ether oxygens (including phenoxy) is 2. The maximum absolute atomic E-state index is 12.5. The second-order valence-corrected chi connectivity index (χ2v) is 8.44. The summed E-state index contributed by atoms with van der Waals surface area (Å²) in [5.41, 5.74) is 2.07. The molecule has 1 fully saturated rings. The van der Waals surface area contributed by atoms with Gasteiger partial charge in [-0.25, -0.2) is 9.97 Å². The van der Waals surface area contributed by atoms with Crippen LogP contribution >= 0.6 is 0 Å². The standard InChI is InChI=1S/C22H28N4O3/c1-22(2)12-18(24-20(27)15-29-16-6-4-3-5-7-16)17-14-23-21(25-19(17)13-22)26-8-10-28-11-9-26/h3-7,14,18H,8-13,15H2,1-2H3,(H,24,27). The predicted octanol–water partition coefficient (Wildman–Crippen LogP) is 2.52. The van der Waals surface area contributed by atoms with Crippen LogP contribution in [0.3, 0.4) is 0 Å². The maximum Gasteiger partial charge on any atom is 0.258 e. The summed E-state index contributed by atoms with van der Waals surface area (Å²) in [6.07, 6.45) is 3.60. The summed E-state index contributed by atoms with van der Waals surface area (Å²) in [4.78, 5) is 24.1. The van der Waals surface area contributed by atoms with Gasteiger partial charge in [0.05, 0.1) is 24.9 Å². The Morgan fingerprint density at radius 2 is 2.03 bits per heavy atom. The quantitative estimate of drug-likeness (QED) is 0.837. The molecule has 1 aromatic carbocycles. The average Bonchev–Trinajstić information content (AvgIpc) is 2.72. The molecule has 2 aromatic rings. The molecule has 1 unspecified atom stereocenters. The minimum absolute atomic E-state index is 0.0109. The highest BCUT2D eigenvalue weighted by atomic mass is 16.5. The van der Waals surface area contributed by atoms with Crippen LogP contribution in [-0.2, 0) is 16.0 Å². The minimum atomic E-state index is -0.139. The van der Waals surface area contributed by atoms with E-state index in [2.05, 4.69) is 29.0 Å². The molecule has 154 valence electrons. The van der Waals surface area contributed by atoms with Crippen LogP contribution in [0.15, 0.2) is 36.5 Å². The normalized spacial score (nSPS) is 20.6. The van der Waals surface area contributed by atoms with Gasteiger partial charge in [-0.15, -0.1) is 0 Å². The van der Waals surface area contributed by atoms with E-state index < -0.39 is 0 Å². The van der Waals surface area contributed by atoms with Gasteiger partial charge in [-0.2, -0.15) is 0 Å². The maximum atomic E-state index is 12.5. The summed E-state index contributed by atoms with van der Waals surface area (Å²) in [7, 11) is 0. The Labute approximate surface area is 171 Å². The number of amides is 1. The lowest BCUT2D eigenvalue weighted by atomic mass is 9.74. The molecule has 2 heterocycles. The van der Waals surface area contributed by atoms with Crippen LogP contribution < -0.4 is 15.0 Å². The van der Waals surface area contributed by atoms with E-state index in [4.69, 9.17) is 14.5 Å². The van der Waals surface area contributed by atoms with Crippen molar-refractivity contribution in [3.8, 4) is 5.75 Å². The summed E-state index contributed by atoms with van der Waals surface area (Å²) in [5.74, 6) is 1.30. The van der Waals surface area contributed by atoms with Gasteiger partial charge >= 0.3 is 0 Å². The van der Waals surface area contributed by atoms with Crippen molar-refractivity contribution < 1.29 is 14.3 Å². The third kappa shape index (κ3) is 4.85. The third-order valence-corrected chi connectivity index (χ3v) is 5.41. The van der Waals surface area contributed by atoms with E-state index in [0.717, 1.165) is 43.1 Å². The number of nitrogens with zero attached hydrogens (tertiary/aromatic N) is 3. The number of hydrogen-bond acceptors (Lipinski definition) is 6. The number of nitrogens with one attached hydrogen (secondary N) is 1. The van der Waals surface area contributed by atoms with E-state index in [9.17, 15) is 4.79 Å². The van der Waals surface area contributed by atoms with Crippen molar-refractivity contribution in [2.24, 2.45) is 5.41 Å². The van der Waals surface area contributed by atoms with Crippen LogP contribution in [0, 0.1) is 5.41 Å². The number of para-hydroxylation sites is 1. The first-order valence-electron chi connectivity index (χ1n) is 10.2. The van der Waals surface area contributed by atoms with Crippen LogP contribution in [0.1, 0.15) is 37.6 Å². The molecule has 0 spiro atoms. The van der Waals surface area contributed by atoms with Crippen molar-refractivity contribution in [1.29, 1.82) is 0 Å². The molecule has 1 atom stereocenters. The molecular formula is C22H28N4O3. The Hall–Kier alpha value is -2.67. The smallest absolute Gasteiger partial charge is 0.258 e. The van der Waals surface area contributed by atoms with Crippen LogP contribution in [0.4, 0.5) is 5.95 Å². The summed E-state index contributed by atoms with van der Waals surface area (Å²) in [5, 5.41) is 3.12. The van der Waals surface area contributed by atoms with Gasteiger partial charge in [-0.3, -0.25) is 4.79 Å². The summed E-state index contributed by atoms with van der Waals surface area (Å²) in [6, 6.07) is 9.26. The summed E-state index contributed by atoms with van der Waals surface area (Å²) < 4.78 is 11.0. The second kappa shape index (κ2) is 8.37. The lowest BCUT2D eigenvalue weighted by Gasteiger charge is -2.37. The Morgan fingerprint density at radius 1 is 1.28 bits per heavy atom. The lowest BCUT2D eigenvalue weighted by Crippen LogP contribution is -2.40. The molecule has 1 N–H and O–H groups in total. The first kappa shape index (κ1) is 19.6. The Bertz CT molecular complexity index is 850. The zero-order chi connectivity index (χ0) is 20.3. The van der Waals surface area contributed by atoms with Gasteiger partial charge in [0.1, 0.15) is 5.75 Å². The van der Waals surface area contributed by atoms with Crippen molar-refractivity contribution in [1.82, 2.24) is 15.3 Å². The van der Waals surface area contributed by atoms with Crippen molar-refractivity contribution in [3.05, 3.63) is 47.8 Å². The molecule has 1 saturated heterocycles. The van der Waals surface area contributed by atoms with E-state index >= 15 is 0 Å². The number of benzene rings is 1. The van der Waals surface area contributed by atoms with Gasteiger partial charge in [0, 0.05) is 24.8 Å². The third-order valence-electron chi connectivity index (χ3n) is 5.41. The van der Waals surface area contributed by atoms with Crippen molar-refractivity contribution in [2.75, 3.05) is 37.8 Å². The molecule has 29 heavy (non-hydrogen) atoms. The van der Waals surface area contributed by atoms with Gasteiger partial charge in [0.2, 0.25) is 5.95 Å². The number of fused-ring (bicyclic) bond motifs is 1. The molecule has 1 amide bonds. The molecule has 2 aliphatic rings. The zero-order valence-electron chi connectivity index (χ0n) is 17.1.